The van der Waals surface area contributed by atoms with Crippen molar-refractivity contribution in [1.29, 1.82) is 0 Å². The first-order valence-corrected chi connectivity index (χ1v) is 4.83. The Morgan fingerprint density at radius 1 is 1.07 bits per heavy atom. The Kier molecular flexibility index (Phi) is 4.50. The summed E-state index contributed by atoms with van der Waals surface area (Å²) in [5.41, 5.74) is 5.55. The number of aryl methyl sites for hydroxylation is 2. The van der Waals surface area contributed by atoms with Crippen LogP contribution in [-0.2, 0) is 5.41 Å². The molecule has 0 radical (unpaired) electrons. The molecule has 72 valence electrons. The van der Waals surface area contributed by atoms with Crippen LogP contribution in [0.3, 0.4) is 0 Å². The van der Waals surface area contributed by atoms with Crippen LogP contribution in [0.4, 0.5) is 0 Å². The van der Waals surface area contributed by atoms with Crippen LogP contribution in [0.1, 0.15) is 43.0 Å². The average Bonchev–Trinajstić information content (AvgIpc) is 1.97. The fourth-order valence-electron chi connectivity index (χ4n) is 1.36. The third-order valence-corrected chi connectivity index (χ3v) is 2.65. The Hall–Kier alpha value is -0.183. The van der Waals surface area contributed by atoms with Gasteiger partial charge in [-0.2, -0.15) is 34.4 Å². The largest absolute Gasteiger partial charge is 1.00 e. The summed E-state index contributed by atoms with van der Waals surface area (Å²) in [6, 6.07) is 5.71. The second-order valence-electron chi connectivity index (χ2n) is 4.87. The zero-order valence-corrected chi connectivity index (χ0v) is 10.6. The fraction of sp³-hybridized carbons (Fsp3) is 0.538. The summed E-state index contributed by atoms with van der Waals surface area (Å²) in [5, 5.41) is 0. The molecule has 0 bridgehead atoms. The Balaban J connectivity index is 0.00000169. The molecule has 1 rings (SSSR count). The van der Waals surface area contributed by atoms with E-state index >= 15 is 0 Å². The second-order valence-corrected chi connectivity index (χ2v) is 4.87. The molecule has 0 saturated heterocycles. The first-order chi connectivity index (χ1) is 5.82. The van der Waals surface area contributed by atoms with Gasteiger partial charge in [0.2, 0.25) is 0 Å². The van der Waals surface area contributed by atoms with Crippen LogP contribution in [0.25, 0.3) is 0 Å². The number of benzene rings is 1. The van der Waals surface area contributed by atoms with E-state index in [-0.39, 0.29) is 24.3 Å². The van der Waals surface area contributed by atoms with Crippen molar-refractivity contribution in [2.45, 2.75) is 47.0 Å². The third-order valence-electron chi connectivity index (χ3n) is 2.65. The van der Waals surface area contributed by atoms with Gasteiger partial charge in [-0.25, -0.2) is 0 Å². The minimum absolute atomic E-state index is 0. The minimum Gasteiger partial charge on any atom is -0.176 e. The molecule has 0 heterocycles. The van der Waals surface area contributed by atoms with Crippen LogP contribution in [0.15, 0.2) is 6.07 Å². The van der Waals surface area contributed by atoms with Crippen LogP contribution < -0.4 is 18.9 Å². The molecule has 0 saturated carbocycles. The summed E-state index contributed by atoms with van der Waals surface area (Å²) in [5.74, 6) is 0. The topological polar surface area (TPSA) is 0 Å². The molecule has 1 heteroatoms. The maximum atomic E-state index is 3.46. The van der Waals surface area contributed by atoms with Gasteiger partial charge in [-0.3, -0.25) is 0 Å². The van der Waals surface area contributed by atoms with E-state index in [0.717, 1.165) is 0 Å². The van der Waals surface area contributed by atoms with Crippen molar-refractivity contribution in [2.24, 2.45) is 0 Å². The van der Waals surface area contributed by atoms with E-state index in [1.54, 1.807) is 0 Å². The van der Waals surface area contributed by atoms with E-state index in [1.807, 2.05) is 0 Å². The summed E-state index contributed by atoms with van der Waals surface area (Å²) in [7, 11) is 0. The average molecular weight is 182 g/mol. The molecule has 1 aromatic rings. The SMILES string of the molecule is Cc1[c-]c(C(C)(C)C)cc(C)c1C.[Li+]. The van der Waals surface area contributed by atoms with Crippen molar-refractivity contribution in [1.82, 2.24) is 0 Å². The van der Waals surface area contributed by atoms with Crippen molar-refractivity contribution in [3.05, 3.63) is 34.4 Å². The van der Waals surface area contributed by atoms with Gasteiger partial charge in [0.15, 0.2) is 0 Å². The smallest absolute Gasteiger partial charge is 0.176 e. The summed E-state index contributed by atoms with van der Waals surface area (Å²) >= 11 is 0. The van der Waals surface area contributed by atoms with Crippen LogP contribution in [0.5, 0.6) is 0 Å². The molecule has 0 unspecified atom stereocenters. The van der Waals surface area contributed by atoms with E-state index in [2.05, 4.69) is 53.7 Å². The Bertz CT molecular complexity index is 295. The second kappa shape index (κ2) is 4.56. The van der Waals surface area contributed by atoms with Gasteiger partial charge in [0.05, 0.1) is 0 Å². The van der Waals surface area contributed by atoms with Gasteiger partial charge in [-0.15, -0.1) is 0 Å². The molecule has 0 aromatic heterocycles. The minimum atomic E-state index is 0. The van der Waals surface area contributed by atoms with E-state index in [9.17, 15) is 0 Å². The van der Waals surface area contributed by atoms with Gasteiger partial charge in [0.25, 0.3) is 0 Å². The zero-order valence-electron chi connectivity index (χ0n) is 10.6. The van der Waals surface area contributed by atoms with Gasteiger partial charge in [0, 0.05) is 0 Å². The summed E-state index contributed by atoms with van der Waals surface area (Å²) < 4.78 is 0. The molecule has 0 N–H and O–H groups in total. The normalized spacial score (nSPS) is 11.0. The molecule has 0 atom stereocenters. The van der Waals surface area contributed by atoms with Crippen LogP contribution in [0.2, 0.25) is 0 Å². The van der Waals surface area contributed by atoms with Gasteiger partial charge < -0.3 is 0 Å². The molecule has 0 aliphatic carbocycles. The van der Waals surface area contributed by atoms with Crippen LogP contribution >= 0.6 is 0 Å². The van der Waals surface area contributed by atoms with E-state index in [1.165, 1.54) is 22.3 Å². The summed E-state index contributed by atoms with van der Waals surface area (Å²) in [6.45, 7) is 13.2. The van der Waals surface area contributed by atoms with E-state index in [4.69, 9.17) is 0 Å². The number of rotatable bonds is 0. The maximum absolute atomic E-state index is 3.46. The quantitative estimate of drug-likeness (QED) is 0.409. The molecule has 0 amide bonds. The van der Waals surface area contributed by atoms with Crippen molar-refractivity contribution >= 4 is 0 Å². The Morgan fingerprint density at radius 3 is 1.93 bits per heavy atom. The van der Waals surface area contributed by atoms with Gasteiger partial charge >= 0.3 is 18.9 Å². The molecule has 0 spiro atoms. The zero-order chi connectivity index (χ0) is 10.2. The summed E-state index contributed by atoms with van der Waals surface area (Å²) in [4.78, 5) is 0. The molecule has 0 aliphatic heterocycles. The fourth-order valence-corrected chi connectivity index (χ4v) is 1.36. The van der Waals surface area contributed by atoms with Crippen LogP contribution in [-0.4, -0.2) is 0 Å². The number of hydrogen-bond donors (Lipinski definition) is 0. The van der Waals surface area contributed by atoms with Gasteiger partial charge in [-0.1, -0.05) is 41.5 Å². The Labute approximate surface area is 100 Å². The standard InChI is InChI=1S/C13H19.Li/c1-9-7-12(13(4,5)6)8-10(2)11(9)3;/h7H,1-6H3;/q-1;+1. The molecule has 0 fully saturated rings. The predicted molar refractivity (Wildman–Crippen MR) is 58.2 cm³/mol. The first kappa shape index (κ1) is 13.8. The monoisotopic (exact) mass is 182 g/mol. The van der Waals surface area contributed by atoms with Gasteiger partial charge in [-0.05, 0) is 5.41 Å². The maximum Gasteiger partial charge on any atom is 1.00 e. The molecule has 14 heavy (non-hydrogen) atoms. The molecule has 0 nitrogen and oxygen atoms in total. The van der Waals surface area contributed by atoms with E-state index < -0.39 is 0 Å². The van der Waals surface area contributed by atoms with Crippen molar-refractivity contribution in [2.75, 3.05) is 0 Å². The third kappa shape index (κ3) is 2.91. The molecular formula is C13H19Li. The van der Waals surface area contributed by atoms with Crippen LogP contribution in [0, 0.1) is 26.8 Å². The van der Waals surface area contributed by atoms with E-state index in [0.29, 0.717) is 0 Å². The number of hydrogen-bond acceptors (Lipinski definition) is 0. The van der Waals surface area contributed by atoms with Crippen molar-refractivity contribution in [3.8, 4) is 0 Å². The molecule has 1 aromatic carbocycles. The predicted octanol–water partition coefficient (Wildman–Crippen LogP) is 0.714. The van der Waals surface area contributed by atoms with Gasteiger partial charge in [0.1, 0.15) is 0 Å². The Morgan fingerprint density at radius 2 is 1.57 bits per heavy atom. The first-order valence-electron chi connectivity index (χ1n) is 4.83. The van der Waals surface area contributed by atoms with Crippen molar-refractivity contribution in [3.63, 3.8) is 0 Å². The molecular weight excluding hydrogens is 163 g/mol. The summed E-state index contributed by atoms with van der Waals surface area (Å²) in [6.07, 6.45) is 0. The molecule has 0 aliphatic rings. The van der Waals surface area contributed by atoms with Crippen molar-refractivity contribution < 1.29 is 18.9 Å².